The summed E-state index contributed by atoms with van der Waals surface area (Å²) < 4.78 is 5.18. The zero-order valence-electron chi connectivity index (χ0n) is 16.3. The maximum Gasteiger partial charge on any atom is 0.119 e. The highest BCUT2D eigenvalue weighted by molar-refractivity contribution is 6.18. The fraction of sp³-hybridized carbons (Fsp3) is 0.318. The molecule has 0 spiro atoms. The van der Waals surface area contributed by atoms with E-state index < -0.39 is 0 Å². The molecule has 0 aliphatic heterocycles. The maximum absolute atomic E-state index is 9.01. The van der Waals surface area contributed by atoms with Gasteiger partial charge in [0.25, 0.3) is 0 Å². The molecule has 0 atom stereocenters. The molecule has 140 valence electrons. The van der Waals surface area contributed by atoms with E-state index in [1.807, 2.05) is 43.5 Å². The van der Waals surface area contributed by atoms with Crippen molar-refractivity contribution in [2.45, 2.75) is 26.7 Å². The molecule has 0 saturated carbocycles. The number of hydrogen-bond donors (Lipinski definition) is 0. The van der Waals surface area contributed by atoms with E-state index in [4.69, 9.17) is 21.6 Å². The smallest absolute Gasteiger partial charge is 0.119 e. The molecule has 0 unspecified atom stereocenters. The molecule has 4 heteroatoms. The SMILES string of the molecule is C#CC.C=C.CC/C(=C(\C=C/CCl)CC#N)N(C)c1ccc(OC)cc1. The standard InChI is InChI=1S/C17H21ClN2O.C3H4.C2H4/c1-4-17(14(11-13-19)6-5-12-18)20(2)15-7-9-16(21-3)10-8-15;1-3-2;1-2/h5-10H,4,11-12H2,1-3H3;1H,2H3;1-2H2/b6-5-,17-14-;;. The Kier molecular flexibility index (Phi) is 17.0. The number of nitriles is 1. The minimum absolute atomic E-state index is 0.372. The third kappa shape index (κ3) is 9.62. The van der Waals surface area contributed by atoms with Gasteiger partial charge in [-0.25, -0.2) is 0 Å². The van der Waals surface area contributed by atoms with E-state index in [2.05, 4.69) is 43.4 Å². The predicted molar refractivity (Wildman–Crippen MR) is 115 cm³/mol. The second kappa shape index (κ2) is 17.2. The summed E-state index contributed by atoms with van der Waals surface area (Å²) in [6, 6.07) is 10.1. The van der Waals surface area contributed by atoms with Gasteiger partial charge in [-0.1, -0.05) is 19.1 Å². The molecule has 0 amide bonds. The molecule has 0 heterocycles. The van der Waals surface area contributed by atoms with Crippen LogP contribution < -0.4 is 9.64 Å². The number of allylic oxidation sites excluding steroid dienone is 4. The van der Waals surface area contributed by atoms with Crippen LogP contribution in [0.5, 0.6) is 5.75 Å². The molecule has 1 rings (SSSR count). The number of nitrogens with zero attached hydrogens (tertiary/aromatic N) is 2. The van der Waals surface area contributed by atoms with Gasteiger partial charge < -0.3 is 9.64 Å². The first kappa shape index (κ1) is 25.6. The van der Waals surface area contributed by atoms with Crippen LogP contribution in [0.3, 0.4) is 0 Å². The molecule has 0 radical (unpaired) electrons. The van der Waals surface area contributed by atoms with E-state index in [0.29, 0.717) is 12.3 Å². The van der Waals surface area contributed by atoms with Crippen LogP contribution in [0.2, 0.25) is 0 Å². The zero-order chi connectivity index (χ0) is 20.4. The van der Waals surface area contributed by atoms with Crippen molar-refractivity contribution in [3.63, 3.8) is 0 Å². The lowest BCUT2D eigenvalue weighted by molar-refractivity contribution is 0.415. The van der Waals surface area contributed by atoms with Gasteiger partial charge >= 0.3 is 0 Å². The summed E-state index contributed by atoms with van der Waals surface area (Å²) in [6.07, 6.45) is 9.62. The van der Waals surface area contributed by atoms with Gasteiger partial charge in [0.15, 0.2) is 0 Å². The first-order chi connectivity index (χ1) is 12.6. The molecule has 0 N–H and O–H groups in total. The maximum atomic E-state index is 9.01. The highest BCUT2D eigenvalue weighted by Gasteiger charge is 2.10. The third-order valence-corrected chi connectivity index (χ3v) is 3.43. The van der Waals surface area contributed by atoms with Gasteiger partial charge in [0.1, 0.15) is 5.75 Å². The van der Waals surface area contributed by atoms with Crippen molar-refractivity contribution in [2.75, 3.05) is 24.9 Å². The van der Waals surface area contributed by atoms with E-state index in [1.165, 1.54) is 0 Å². The van der Waals surface area contributed by atoms with Crippen molar-refractivity contribution in [2.24, 2.45) is 0 Å². The van der Waals surface area contributed by atoms with Crippen molar-refractivity contribution >= 4 is 17.3 Å². The summed E-state index contributed by atoms with van der Waals surface area (Å²) in [6.45, 7) is 9.74. The third-order valence-electron chi connectivity index (χ3n) is 3.25. The Morgan fingerprint density at radius 2 is 1.88 bits per heavy atom. The van der Waals surface area contributed by atoms with Crippen LogP contribution >= 0.6 is 11.6 Å². The molecule has 1 aromatic carbocycles. The molecule has 0 saturated heterocycles. The second-order valence-electron chi connectivity index (χ2n) is 4.76. The van der Waals surface area contributed by atoms with Gasteiger partial charge in [-0.05, 0) is 43.2 Å². The van der Waals surface area contributed by atoms with Crippen LogP contribution in [-0.4, -0.2) is 20.0 Å². The number of rotatable bonds is 7. The summed E-state index contributed by atoms with van der Waals surface area (Å²) in [7, 11) is 3.66. The number of halogens is 1. The number of ether oxygens (including phenoxy) is 1. The molecule has 0 aliphatic rings. The Bertz CT molecular complexity index is 634. The van der Waals surface area contributed by atoms with Crippen molar-refractivity contribution in [3.8, 4) is 24.2 Å². The molecule has 3 nitrogen and oxygen atoms in total. The zero-order valence-corrected chi connectivity index (χ0v) is 17.0. The molecule has 0 fully saturated rings. The lowest BCUT2D eigenvalue weighted by atomic mass is 10.1. The highest BCUT2D eigenvalue weighted by Crippen LogP contribution is 2.25. The van der Waals surface area contributed by atoms with Crippen LogP contribution in [-0.2, 0) is 0 Å². The fourth-order valence-corrected chi connectivity index (χ4v) is 2.26. The van der Waals surface area contributed by atoms with Crippen molar-refractivity contribution in [3.05, 3.63) is 60.8 Å². The number of anilines is 1. The van der Waals surface area contributed by atoms with Gasteiger partial charge in [-0.2, -0.15) is 5.26 Å². The summed E-state index contributed by atoms with van der Waals surface area (Å²) >= 11 is 5.70. The predicted octanol–water partition coefficient (Wildman–Crippen LogP) is 5.95. The van der Waals surface area contributed by atoms with E-state index in [-0.39, 0.29) is 0 Å². The molecule has 0 aromatic heterocycles. The second-order valence-corrected chi connectivity index (χ2v) is 5.07. The Hall–Kier alpha value is -2.62. The number of benzene rings is 1. The molecular formula is C22H29ClN2O. The lowest BCUT2D eigenvalue weighted by Gasteiger charge is -2.24. The fourth-order valence-electron chi connectivity index (χ4n) is 2.17. The largest absolute Gasteiger partial charge is 0.497 e. The number of alkyl halides is 1. The van der Waals surface area contributed by atoms with Crippen LogP contribution in [0.1, 0.15) is 26.7 Å². The Balaban J connectivity index is 0. The van der Waals surface area contributed by atoms with Crippen LogP contribution in [0.25, 0.3) is 0 Å². The average Bonchev–Trinajstić information content (AvgIpc) is 2.68. The van der Waals surface area contributed by atoms with Gasteiger partial charge in [-0.15, -0.1) is 37.1 Å². The van der Waals surface area contributed by atoms with Gasteiger partial charge in [-0.3, -0.25) is 0 Å². The summed E-state index contributed by atoms with van der Waals surface area (Å²) in [5, 5.41) is 9.01. The molecular weight excluding hydrogens is 344 g/mol. The van der Waals surface area contributed by atoms with Gasteiger partial charge in [0, 0.05) is 24.3 Å². The summed E-state index contributed by atoms with van der Waals surface area (Å²) in [4.78, 5) is 2.10. The Morgan fingerprint density at radius 1 is 1.35 bits per heavy atom. The monoisotopic (exact) mass is 372 g/mol. The van der Waals surface area contributed by atoms with Gasteiger partial charge in [0.2, 0.25) is 0 Å². The van der Waals surface area contributed by atoms with Crippen molar-refractivity contribution < 1.29 is 4.74 Å². The van der Waals surface area contributed by atoms with Crippen LogP contribution in [0, 0.1) is 23.7 Å². The van der Waals surface area contributed by atoms with Crippen molar-refractivity contribution in [1.29, 1.82) is 5.26 Å². The van der Waals surface area contributed by atoms with E-state index in [1.54, 1.807) is 14.0 Å². The molecule has 26 heavy (non-hydrogen) atoms. The normalized spacial score (nSPS) is 10.1. The number of terminal acetylenes is 1. The quantitative estimate of drug-likeness (QED) is 0.257. The molecule has 0 bridgehead atoms. The lowest BCUT2D eigenvalue weighted by Crippen LogP contribution is -2.17. The average molecular weight is 373 g/mol. The summed E-state index contributed by atoms with van der Waals surface area (Å²) in [5.74, 6) is 3.52. The Morgan fingerprint density at radius 3 is 2.27 bits per heavy atom. The van der Waals surface area contributed by atoms with Crippen LogP contribution in [0.4, 0.5) is 5.69 Å². The van der Waals surface area contributed by atoms with Gasteiger partial charge in [0.05, 0.1) is 19.6 Å². The summed E-state index contributed by atoms with van der Waals surface area (Å²) in [5.41, 5.74) is 3.17. The number of methoxy groups -OCH3 is 1. The minimum atomic E-state index is 0.372. The minimum Gasteiger partial charge on any atom is -0.497 e. The molecule has 1 aromatic rings. The first-order valence-corrected chi connectivity index (χ1v) is 8.69. The van der Waals surface area contributed by atoms with E-state index in [9.17, 15) is 0 Å². The Labute approximate surface area is 164 Å². The first-order valence-electron chi connectivity index (χ1n) is 8.16. The van der Waals surface area contributed by atoms with Crippen LogP contribution in [0.15, 0.2) is 60.8 Å². The highest BCUT2D eigenvalue weighted by atomic mass is 35.5. The van der Waals surface area contributed by atoms with E-state index in [0.717, 1.165) is 29.1 Å². The number of hydrogen-bond acceptors (Lipinski definition) is 3. The molecule has 0 aliphatic carbocycles. The van der Waals surface area contributed by atoms with E-state index >= 15 is 0 Å². The van der Waals surface area contributed by atoms with Crippen molar-refractivity contribution in [1.82, 2.24) is 0 Å². The topological polar surface area (TPSA) is 36.3 Å².